The second kappa shape index (κ2) is 10.5. The van der Waals surface area contributed by atoms with Gasteiger partial charge in [-0.1, -0.05) is 18.7 Å². The van der Waals surface area contributed by atoms with Gasteiger partial charge in [0.15, 0.2) is 17.3 Å². The van der Waals surface area contributed by atoms with Gasteiger partial charge in [0.1, 0.15) is 16.9 Å². The first-order chi connectivity index (χ1) is 19.1. The van der Waals surface area contributed by atoms with Crippen molar-refractivity contribution >= 4 is 28.2 Å². The van der Waals surface area contributed by atoms with Crippen LogP contribution in [0.25, 0.3) is 27.7 Å². The monoisotopic (exact) mass is 538 g/mol. The molecular formula is C31H24F2N4O3. The number of halogens is 2. The molecule has 200 valence electrons. The SMILES string of the molecule is C=C(C)c1cnc2c(Oc3ccc(NC(=O)c4c(C)[nH]c(C)c(-c5ccc(F)cc5)c4=O)cc3F)ccnc2c1. The number of pyridine rings is 3. The number of carbonyl (C=O) groups excluding carboxylic acids is 1. The lowest BCUT2D eigenvalue weighted by atomic mass is 9.99. The third-order valence-electron chi connectivity index (χ3n) is 6.38. The number of hydrogen-bond donors (Lipinski definition) is 2. The lowest BCUT2D eigenvalue weighted by molar-refractivity contribution is 0.102. The topological polar surface area (TPSA) is 97.0 Å². The van der Waals surface area contributed by atoms with E-state index in [1.54, 1.807) is 26.1 Å². The number of amides is 1. The summed E-state index contributed by atoms with van der Waals surface area (Å²) in [5.74, 6) is -1.67. The Bertz CT molecular complexity index is 1860. The Labute approximate surface area is 228 Å². The van der Waals surface area contributed by atoms with Gasteiger partial charge in [-0.3, -0.25) is 19.6 Å². The Morgan fingerprint density at radius 3 is 2.42 bits per heavy atom. The molecule has 3 aromatic heterocycles. The molecule has 7 nitrogen and oxygen atoms in total. The summed E-state index contributed by atoms with van der Waals surface area (Å²) in [6, 6.07) is 12.8. The van der Waals surface area contributed by atoms with Crippen LogP contribution in [0.5, 0.6) is 11.5 Å². The van der Waals surface area contributed by atoms with Gasteiger partial charge in [0.2, 0.25) is 5.43 Å². The summed E-state index contributed by atoms with van der Waals surface area (Å²) in [5, 5.41) is 2.58. The zero-order chi connectivity index (χ0) is 28.6. The highest BCUT2D eigenvalue weighted by molar-refractivity contribution is 6.05. The highest BCUT2D eigenvalue weighted by atomic mass is 19.1. The quantitative estimate of drug-likeness (QED) is 0.244. The molecule has 0 fully saturated rings. The van der Waals surface area contributed by atoms with Crippen LogP contribution < -0.4 is 15.5 Å². The van der Waals surface area contributed by atoms with Crippen LogP contribution in [-0.2, 0) is 0 Å². The first-order valence-electron chi connectivity index (χ1n) is 12.3. The van der Waals surface area contributed by atoms with Crippen LogP contribution in [0.3, 0.4) is 0 Å². The van der Waals surface area contributed by atoms with Crippen LogP contribution in [0, 0.1) is 25.5 Å². The molecule has 5 aromatic rings. The minimum Gasteiger partial charge on any atom is -0.452 e. The first kappa shape index (κ1) is 26.4. The number of carbonyl (C=O) groups is 1. The largest absolute Gasteiger partial charge is 0.452 e. The van der Waals surface area contributed by atoms with Gasteiger partial charge in [0, 0.05) is 47.2 Å². The third-order valence-corrected chi connectivity index (χ3v) is 6.38. The van der Waals surface area contributed by atoms with Crippen molar-refractivity contribution in [3.8, 4) is 22.6 Å². The minimum atomic E-state index is -0.733. The number of ether oxygens (including phenoxy) is 1. The Balaban J connectivity index is 1.41. The second-order valence-corrected chi connectivity index (χ2v) is 9.34. The molecule has 2 aromatic carbocycles. The minimum absolute atomic E-state index is 0.0840. The predicted molar refractivity (Wildman–Crippen MR) is 151 cm³/mol. The zero-order valence-electron chi connectivity index (χ0n) is 21.9. The van der Waals surface area contributed by atoms with Gasteiger partial charge in [0.25, 0.3) is 5.91 Å². The average molecular weight is 539 g/mol. The molecule has 0 aliphatic rings. The molecule has 0 aliphatic carbocycles. The lowest BCUT2D eigenvalue weighted by Crippen LogP contribution is -2.26. The first-order valence-corrected chi connectivity index (χ1v) is 12.3. The van der Waals surface area contributed by atoms with E-state index >= 15 is 4.39 Å². The maximum absolute atomic E-state index is 15.1. The number of aromatic nitrogens is 3. The van der Waals surface area contributed by atoms with E-state index in [1.807, 2.05) is 13.0 Å². The molecule has 0 radical (unpaired) electrons. The summed E-state index contributed by atoms with van der Waals surface area (Å²) in [7, 11) is 0. The van der Waals surface area contributed by atoms with Gasteiger partial charge in [-0.2, -0.15) is 0 Å². The van der Waals surface area contributed by atoms with Crippen LogP contribution in [0.4, 0.5) is 14.5 Å². The summed E-state index contributed by atoms with van der Waals surface area (Å²) < 4.78 is 34.3. The fourth-order valence-electron chi connectivity index (χ4n) is 4.40. The number of aromatic amines is 1. The van der Waals surface area contributed by atoms with Crippen molar-refractivity contribution < 1.29 is 18.3 Å². The smallest absolute Gasteiger partial charge is 0.261 e. The van der Waals surface area contributed by atoms with E-state index in [0.717, 1.165) is 17.2 Å². The Hall–Kier alpha value is -5.18. The number of nitrogens with one attached hydrogen (secondary N) is 2. The van der Waals surface area contributed by atoms with E-state index in [-0.39, 0.29) is 22.6 Å². The molecular weight excluding hydrogens is 514 g/mol. The summed E-state index contributed by atoms with van der Waals surface area (Å²) in [6.07, 6.45) is 3.18. The van der Waals surface area contributed by atoms with E-state index in [1.165, 1.54) is 42.6 Å². The average Bonchev–Trinajstić information content (AvgIpc) is 2.90. The molecule has 0 aliphatic heterocycles. The van der Waals surface area contributed by atoms with Crippen molar-refractivity contribution in [1.82, 2.24) is 15.0 Å². The molecule has 2 N–H and O–H groups in total. The number of hydrogen-bond acceptors (Lipinski definition) is 5. The molecule has 9 heteroatoms. The Kier molecular flexibility index (Phi) is 6.96. The van der Waals surface area contributed by atoms with E-state index in [9.17, 15) is 14.0 Å². The Morgan fingerprint density at radius 1 is 0.975 bits per heavy atom. The molecule has 0 atom stereocenters. The fraction of sp³-hybridized carbons (Fsp3) is 0.0968. The highest BCUT2D eigenvalue weighted by Crippen LogP contribution is 2.31. The number of rotatable bonds is 6. The van der Waals surface area contributed by atoms with Crippen molar-refractivity contribution in [3.63, 3.8) is 0 Å². The van der Waals surface area contributed by atoms with Gasteiger partial charge in [-0.25, -0.2) is 8.78 Å². The normalized spacial score (nSPS) is 10.9. The summed E-state index contributed by atoms with van der Waals surface area (Å²) in [4.78, 5) is 38.2. The van der Waals surface area contributed by atoms with Crippen LogP contribution in [0.1, 0.15) is 34.2 Å². The van der Waals surface area contributed by atoms with Crippen LogP contribution in [0.15, 0.2) is 78.4 Å². The molecule has 0 bridgehead atoms. The Morgan fingerprint density at radius 2 is 1.73 bits per heavy atom. The molecule has 0 unspecified atom stereocenters. The van der Waals surface area contributed by atoms with Crippen molar-refractivity contribution in [3.05, 3.63) is 118 Å². The van der Waals surface area contributed by atoms with Crippen molar-refractivity contribution in [2.24, 2.45) is 0 Å². The molecule has 0 saturated heterocycles. The van der Waals surface area contributed by atoms with E-state index < -0.39 is 23.0 Å². The highest BCUT2D eigenvalue weighted by Gasteiger charge is 2.21. The number of anilines is 1. The van der Waals surface area contributed by atoms with Gasteiger partial charge in [-0.05, 0) is 67.8 Å². The van der Waals surface area contributed by atoms with Gasteiger partial charge >= 0.3 is 0 Å². The molecule has 40 heavy (non-hydrogen) atoms. The predicted octanol–water partition coefficient (Wildman–Crippen LogP) is 6.96. The van der Waals surface area contributed by atoms with Gasteiger partial charge in [-0.15, -0.1) is 0 Å². The van der Waals surface area contributed by atoms with Crippen molar-refractivity contribution in [2.45, 2.75) is 20.8 Å². The number of benzene rings is 2. The van der Waals surface area contributed by atoms with E-state index in [4.69, 9.17) is 4.74 Å². The number of nitrogens with zero attached hydrogens (tertiary/aromatic N) is 2. The molecule has 0 saturated carbocycles. The molecule has 1 amide bonds. The van der Waals surface area contributed by atoms with Gasteiger partial charge < -0.3 is 15.0 Å². The number of H-pyrrole nitrogens is 1. The van der Waals surface area contributed by atoms with E-state index in [2.05, 4.69) is 26.8 Å². The van der Waals surface area contributed by atoms with Crippen molar-refractivity contribution in [2.75, 3.05) is 5.32 Å². The van der Waals surface area contributed by atoms with Crippen LogP contribution >= 0.6 is 0 Å². The second-order valence-electron chi connectivity index (χ2n) is 9.34. The van der Waals surface area contributed by atoms with Crippen LogP contribution in [-0.4, -0.2) is 20.9 Å². The fourth-order valence-corrected chi connectivity index (χ4v) is 4.40. The molecule has 0 spiro atoms. The number of fused-ring (bicyclic) bond motifs is 1. The van der Waals surface area contributed by atoms with E-state index in [0.29, 0.717) is 33.7 Å². The third kappa shape index (κ3) is 5.09. The van der Waals surface area contributed by atoms with Crippen molar-refractivity contribution in [1.29, 1.82) is 0 Å². The molecule has 3 heterocycles. The maximum atomic E-state index is 15.1. The number of aryl methyl sites for hydroxylation is 2. The summed E-state index contributed by atoms with van der Waals surface area (Å²) >= 11 is 0. The zero-order valence-corrected chi connectivity index (χ0v) is 21.9. The van der Waals surface area contributed by atoms with Crippen LogP contribution in [0.2, 0.25) is 0 Å². The number of allylic oxidation sites excluding steroid dienone is 1. The standard InChI is InChI=1S/C31H24F2N4O3/c1-16(2)20-13-24-29(35-15-20)26(11-12-34-24)40-25-10-9-22(14-23(25)33)37-31(39)28-18(4)36-17(3)27(30(28)38)19-5-7-21(32)8-6-19/h5-15H,1H2,2-4H3,(H,36,38)(H,37,39). The molecule has 5 rings (SSSR count). The lowest BCUT2D eigenvalue weighted by Gasteiger charge is -2.13. The maximum Gasteiger partial charge on any atom is 0.261 e. The van der Waals surface area contributed by atoms with Gasteiger partial charge in [0.05, 0.1) is 5.52 Å². The summed E-state index contributed by atoms with van der Waals surface area (Å²) in [6.45, 7) is 9.06. The summed E-state index contributed by atoms with van der Waals surface area (Å²) in [5.41, 5.74) is 3.76.